The van der Waals surface area contributed by atoms with E-state index in [9.17, 15) is 9.90 Å². The topological polar surface area (TPSA) is 92.7 Å². The van der Waals surface area contributed by atoms with Crippen LogP contribution in [0.25, 0.3) is 0 Å². The van der Waals surface area contributed by atoms with Crippen molar-refractivity contribution in [3.05, 3.63) is 83.3 Å². The van der Waals surface area contributed by atoms with Gasteiger partial charge in [-0.25, -0.2) is 4.79 Å². The molecule has 0 spiro atoms. The summed E-state index contributed by atoms with van der Waals surface area (Å²) in [6.07, 6.45) is 5.12. The van der Waals surface area contributed by atoms with Gasteiger partial charge >= 0.3 is 6.03 Å². The number of carbonyl (C=O) groups excluding carboxylic acids is 1. The molecule has 34 heavy (non-hydrogen) atoms. The van der Waals surface area contributed by atoms with E-state index in [2.05, 4.69) is 23.2 Å². The minimum absolute atomic E-state index is 0.0965. The van der Waals surface area contributed by atoms with Crippen LogP contribution in [0.4, 0.5) is 10.5 Å². The maximum absolute atomic E-state index is 13.4. The number of urea groups is 1. The summed E-state index contributed by atoms with van der Waals surface area (Å²) in [4.78, 5) is 17.7. The Morgan fingerprint density at radius 3 is 2.79 bits per heavy atom. The lowest BCUT2D eigenvalue weighted by molar-refractivity contribution is 0.00230. The van der Waals surface area contributed by atoms with Gasteiger partial charge in [0.25, 0.3) is 0 Å². The summed E-state index contributed by atoms with van der Waals surface area (Å²) >= 11 is 0. The Hall–Kier alpha value is -3.76. The monoisotopic (exact) mass is 456 g/mol. The predicted molar refractivity (Wildman–Crippen MR) is 128 cm³/mol. The second-order valence-electron chi connectivity index (χ2n) is 9.56. The van der Waals surface area contributed by atoms with Crippen LogP contribution in [-0.2, 0) is 18.4 Å². The Morgan fingerprint density at radius 2 is 2.09 bits per heavy atom. The number of furan rings is 1. The van der Waals surface area contributed by atoms with Crippen LogP contribution in [0.3, 0.4) is 0 Å². The zero-order chi connectivity index (χ0) is 23.9. The van der Waals surface area contributed by atoms with E-state index < -0.39 is 0 Å². The molecule has 1 aliphatic carbocycles. The predicted octanol–water partition coefficient (Wildman–Crippen LogP) is 4.48. The molecular formula is C27H28N4O3. The largest absolute Gasteiger partial charge is 0.508 e. The third-order valence-corrected chi connectivity index (χ3v) is 7.51. The maximum atomic E-state index is 13.4. The van der Waals surface area contributed by atoms with Gasteiger partial charge in [0.05, 0.1) is 30.2 Å². The highest BCUT2D eigenvalue weighted by Gasteiger charge is 2.53. The SMILES string of the molecule is CN(C(=O)Nc1ccc(C#N)cc1)[C@@H]1[C@H]2Cc3ccc(O)cc3[C@]1(C)CCN2Cc1ccoc1. The summed E-state index contributed by atoms with van der Waals surface area (Å²) < 4.78 is 5.30. The van der Waals surface area contributed by atoms with Crippen molar-refractivity contribution in [1.29, 1.82) is 5.26 Å². The molecule has 174 valence electrons. The van der Waals surface area contributed by atoms with E-state index in [-0.39, 0.29) is 29.3 Å². The Labute approximate surface area is 199 Å². The quantitative estimate of drug-likeness (QED) is 0.604. The molecule has 1 saturated heterocycles. The van der Waals surface area contributed by atoms with Crippen LogP contribution in [0.15, 0.2) is 65.5 Å². The van der Waals surface area contributed by atoms with Crippen LogP contribution in [0.5, 0.6) is 5.75 Å². The highest BCUT2D eigenvalue weighted by atomic mass is 16.3. The molecule has 2 amide bonds. The van der Waals surface area contributed by atoms with E-state index in [1.54, 1.807) is 42.9 Å². The fourth-order valence-corrected chi connectivity index (χ4v) is 5.81. The number of aromatic hydroxyl groups is 1. The van der Waals surface area contributed by atoms with Gasteiger partial charge in [-0.1, -0.05) is 13.0 Å². The Balaban J connectivity index is 1.48. The maximum Gasteiger partial charge on any atom is 0.321 e. The van der Waals surface area contributed by atoms with E-state index in [4.69, 9.17) is 9.68 Å². The smallest absolute Gasteiger partial charge is 0.321 e. The number of carbonyl (C=O) groups is 1. The molecule has 1 aliphatic heterocycles. The average molecular weight is 457 g/mol. The summed E-state index contributed by atoms with van der Waals surface area (Å²) in [6.45, 7) is 3.86. The van der Waals surface area contributed by atoms with Crippen LogP contribution in [-0.4, -0.2) is 46.6 Å². The number of likely N-dealkylation sites (tertiary alicyclic amines) is 1. The van der Waals surface area contributed by atoms with Gasteiger partial charge in [-0.05, 0) is 73.0 Å². The number of amides is 2. The van der Waals surface area contributed by atoms with Gasteiger partial charge in [0.2, 0.25) is 0 Å². The van der Waals surface area contributed by atoms with Crippen LogP contribution in [0.2, 0.25) is 0 Å². The number of fused-ring (bicyclic) bond motifs is 4. The van der Waals surface area contributed by atoms with Crippen molar-refractivity contribution < 1.29 is 14.3 Å². The molecule has 0 unspecified atom stereocenters. The summed E-state index contributed by atoms with van der Waals surface area (Å²) in [5.74, 6) is 0.252. The average Bonchev–Trinajstić information content (AvgIpc) is 3.35. The number of benzene rings is 2. The second-order valence-corrected chi connectivity index (χ2v) is 9.56. The van der Waals surface area contributed by atoms with Crippen molar-refractivity contribution in [2.45, 2.75) is 43.8 Å². The summed E-state index contributed by atoms with van der Waals surface area (Å²) in [6, 6.07) is 16.4. The van der Waals surface area contributed by atoms with Gasteiger partial charge in [0.1, 0.15) is 5.75 Å². The number of nitrogens with zero attached hydrogens (tertiary/aromatic N) is 3. The summed E-state index contributed by atoms with van der Waals surface area (Å²) in [7, 11) is 1.85. The first-order valence-corrected chi connectivity index (χ1v) is 11.5. The van der Waals surface area contributed by atoms with Crippen LogP contribution < -0.4 is 5.32 Å². The van der Waals surface area contributed by atoms with Crippen molar-refractivity contribution >= 4 is 11.7 Å². The third kappa shape index (κ3) is 3.80. The molecule has 1 fully saturated rings. The van der Waals surface area contributed by atoms with E-state index in [0.717, 1.165) is 37.1 Å². The Kier molecular flexibility index (Phi) is 5.54. The number of nitrogens with one attached hydrogen (secondary N) is 1. The van der Waals surface area contributed by atoms with Crippen molar-refractivity contribution in [3.8, 4) is 11.8 Å². The Morgan fingerprint density at radius 1 is 1.29 bits per heavy atom. The van der Waals surface area contributed by atoms with Gasteiger partial charge in [-0.2, -0.15) is 5.26 Å². The standard InChI is InChI=1S/C27H28N4O3/c1-27-10-11-31(16-19-9-12-34-17-19)24(13-20-5-8-22(32)14-23(20)27)25(27)30(2)26(33)29-21-6-3-18(15-28)4-7-21/h3-9,12,14,17,24-25,32H,10-11,13,16H2,1-2H3,(H,29,33)/t24-,25-,27+/m1/s1. The van der Waals surface area contributed by atoms with Crippen LogP contribution >= 0.6 is 0 Å². The number of anilines is 1. The van der Waals surface area contributed by atoms with E-state index in [1.807, 2.05) is 30.1 Å². The number of rotatable bonds is 4. The molecule has 5 rings (SSSR count). The molecule has 1 aromatic heterocycles. The second kappa shape index (κ2) is 8.54. The van der Waals surface area contributed by atoms with Crippen LogP contribution in [0.1, 0.15) is 35.6 Å². The number of nitriles is 1. The van der Waals surface area contributed by atoms with Crippen molar-refractivity contribution in [2.24, 2.45) is 0 Å². The van der Waals surface area contributed by atoms with Crippen molar-refractivity contribution in [2.75, 3.05) is 18.9 Å². The van der Waals surface area contributed by atoms with Crippen molar-refractivity contribution in [3.63, 3.8) is 0 Å². The van der Waals surface area contributed by atoms with Gasteiger partial charge in [-0.15, -0.1) is 0 Å². The number of hydrogen-bond acceptors (Lipinski definition) is 5. The fraction of sp³-hybridized carbons (Fsp3) is 0.333. The number of hydrogen-bond donors (Lipinski definition) is 2. The molecule has 7 nitrogen and oxygen atoms in total. The van der Waals surface area contributed by atoms with E-state index in [0.29, 0.717) is 11.3 Å². The molecule has 0 saturated carbocycles. The number of phenolic OH excluding ortho intramolecular Hbond substituents is 1. The van der Waals surface area contributed by atoms with Gasteiger partial charge in [0, 0.05) is 36.3 Å². The van der Waals surface area contributed by atoms with Gasteiger partial charge in [-0.3, -0.25) is 4.90 Å². The minimum Gasteiger partial charge on any atom is -0.508 e. The minimum atomic E-state index is -0.305. The molecule has 3 aromatic rings. The lowest BCUT2D eigenvalue weighted by atomic mass is 9.61. The lowest BCUT2D eigenvalue weighted by Gasteiger charge is -2.57. The van der Waals surface area contributed by atoms with Crippen molar-refractivity contribution in [1.82, 2.24) is 9.80 Å². The molecule has 2 aromatic carbocycles. The normalized spacial score (nSPS) is 23.6. The first-order valence-electron chi connectivity index (χ1n) is 11.5. The highest BCUT2D eigenvalue weighted by molar-refractivity contribution is 5.89. The molecular weight excluding hydrogens is 428 g/mol. The molecule has 7 heteroatoms. The summed E-state index contributed by atoms with van der Waals surface area (Å²) in [5.41, 5.74) is 4.35. The summed E-state index contributed by atoms with van der Waals surface area (Å²) in [5, 5.41) is 22.3. The molecule has 2 aliphatic rings. The first-order chi connectivity index (χ1) is 16.4. The number of phenols is 1. The number of piperidine rings is 1. The van der Waals surface area contributed by atoms with Gasteiger partial charge in [0.15, 0.2) is 0 Å². The zero-order valence-corrected chi connectivity index (χ0v) is 19.4. The highest BCUT2D eigenvalue weighted by Crippen LogP contribution is 2.48. The fourth-order valence-electron chi connectivity index (χ4n) is 5.81. The number of likely N-dealkylation sites (N-methyl/N-ethyl adjacent to an activating group) is 1. The molecule has 0 radical (unpaired) electrons. The molecule has 2 bridgehead atoms. The van der Waals surface area contributed by atoms with Crippen LogP contribution in [0, 0.1) is 11.3 Å². The zero-order valence-electron chi connectivity index (χ0n) is 19.4. The van der Waals surface area contributed by atoms with E-state index >= 15 is 0 Å². The molecule has 3 atom stereocenters. The van der Waals surface area contributed by atoms with E-state index in [1.165, 1.54) is 5.56 Å². The Bertz CT molecular complexity index is 1230. The third-order valence-electron chi connectivity index (χ3n) is 7.51. The lowest BCUT2D eigenvalue weighted by Crippen LogP contribution is -2.68. The van der Waals surface area contributed by atoms with Gasteiger partial charge < -0.3 is 19.7 Å². The molecule has 2 N–H and O–H groups in total. The first kappa shape index (κ1) is 22.1. The molecule has 2 heterocycles.